The minimum Gasteiger partial charge on any atom is -0.496 e. The maximum absolute atomic E-state index is 12.9. The van der Waals surface area contributed by atoms with E-state index in [9.17, 15) is 4.79 Å². The molecule has 0 radical (unpaired) electrons. The van der Waals surface area contributed by atoms with E-state index in [1.165, 1.54) is 25.7 Å². The Hall–Kier alpha value is -3.85. The average molecular weight is 427 g/mol. The normalized spacial score (nSPS) is 13.7. The number of pyridine rings is 1. The van der Waals surface area contributed by atoms with Gasteiger partial charge in [0.1, 0.15) is 11.6 Å². The van der Waals surface area contributed by atoms with E-state index in [0.717, 1.165) is 30.0 Å². The molecule has 1 amide bonds. The van der Waals surface area contributed by atoms with Crippen molar-refractivity contribution in [3.8, 4) is 22.9 Å². The summed E-state index contributed by atoms with van der Waals surface area (Å²) >= 11 is 0. The van der Waals surface area contributed by atoms with Crippen LogP contribution in [0.5, 0.6) is 5.75 Å². The van der Waals surface area contributed by atoms with Gasteiger partial charge >= 0.3 is 0 Å². The molecule has 32 heavy (non-hydrogen) atoms. The molecule has 1 saturated heterocycles. The highest BCUT2D eigenvalue weighted by molar-refractivity contribution is 6.05. The number of ether oxygens (including phenoxy) is 1. The largest absolute Gasteiger partial charge is 0.496 e. The van der Waals surface area contributed by atoms with Crippen molar-refractivity contribution in [3.63, 3.8) is 0 Å². The number of anilines is 2. The van der Waals surface area contributed by atoms with Gasteiger partial charge in [-0.2, -0.15) is 5.26 Å². The molecule has 162 valence electrons. The van der Waals surface area contributed by atoms with Gasteiger partial charge in [0.25, 0.3) is 5.91 Å². The van der Waals surface area contributed by atoms with Gasteiger partial charge in [-0.3, -0.25) is 4.79 Å². The summed E-state index contributed by atoms with van der Waals surface area (Å²) < 4.78 is 5.48. The van der Waals surface area contributed by atoms with Crippen molar-refractivity contribution in [1.82, 2.24) is 4.98 Å². The van der Waals surface area contributed by atoms with Crippen LogP contribution < -0.4 is 15.0 Å². The molecule has 2 heterocycles. The zero-order valence-electron chi connectivity index (χ0n) is 18.2. The Balaban J connectivity index is 1.51. The molecule has 1 fully saturated rings. The third kappa shape index (κ3) is 4.89. The molecule has 0 unspecified atom stereocenters. The number of amides is 1. The summed E-state index contributed by atoms with van der Waals surface area (Å²) in [5.74, 6) is 1.40. The van der Waals surface area contributed by atoms with Gasteiger partial charge < -0.3 is 15.0 Å². The Bertz CT molecular complexity index is 1110. The van der Waals surface area contributed by atoms with Crippen LogP contribution in [-0.4, -0.2) is 31.1 Å². The maximum Gasteiger partial charge on any atom is 0.255 e. The van der Waals surface area contributed by atoms with Crippen molar-refractivity contribution in [2.75, 3.05) is 30.4 Å². The monoisotopic (exact) mass is 426 g/mol. The smallest absolute Gasteiger partial charge is 0.255 e. The topological polar surface area (TPSA) is 78.2 Å². The van der Waals surface area contributed by atoms with Gasteiger partial charge in [-0.1, -0.05) is 25.0 Å². The van der Waals surface area contributed by atoms with Gasteiger partial charge in [0.05, 0.1) is 30.6 Å². The molecule has 6 heteroatoms. The molecule has 1 aliphatic rings. The summed E-state index contributed by atoms with van der Waals surface area (Å²) in [5, 5.41) is 12.0. The molecule has 2 aromatic carbocycles. The van der Waals surface area contributed by atoms with Crippen LogP contribution in [0.4, 0.5) is 11.5 Å². The molecule has 0 bridgehead atoms. The summed E-state index contributed by atoms with van der Waals surface area (Å²) in [6.45, 7) is 2.06. The quantitative estimate of drug-likeness (QED) is 0.602. The number of nitrogens with zero attached hydrogens (tertiary/aromatic N) is 3. The van der Waals surface area contributed by atoms with E-state index in [4.69, 9.17) is 10.00 Å². The molecular formula is C26H26N4O2. The van der Waals surface area contributed by atoms with Crippen LogP contribution in [0.25, 0.3) is 11.1 Å². The first kappa shape index (κ1) is 21.4. The first-order chi connectivity index (χ1) is 15.7. The van der Waals surface area contributed by atoms with Crippen LogP contribution in [0.1, 0.15) is 41.6 Å². The van der Waals surface area contributed by atoms with Crippen LogP contribution in [-0.2, 0) is 0 Å². The van der Waals surface area contributed by atoms with Crippen molar-refractivity contribution < 1.29 is 9.53 Å². The lowest BCUT2D eigenvalue weighted by Crippen LogP contribution is -2.24. The Morgan fingerprint density at radius 2 is 1.78 bits per heavy atom. The fraction of sp³-hybridized carbons (Fsp3) is 0.269. The first-order valence-corrected chi connectivity index (χ1v) is 10.9. The Labute approximate surface area is 188 Å². The molecule has 0 aliphatic carbocycles. The lowest BCUT2D eigenvalue weighted by atomic mass is 10.0. The Kier molecular flexibility index (Phi) is 6.66. The molecule has 0 atom stereocenters. The Morgan fingerprint density at radius 1 is 1.03 bits per heavy atom. The molecule has 3 aromatic rings. The number of hydrogen-bond acceptors (Lipinski definition) is 5. The molecule has 1 aliphatic heterocycles. The van der Waals surface area contributed by atoms with Gasteiger partial charge in [-0.05, 0) is 60.9 Å². The molecule has 0 saturated carbocycles. The van der Waals surface area contributed by atoms with Crippen LogP contribution in [0.3, 0.4) is 0 Å². The van der Waals surface area contributed by atoms with Gasteiger partial charge in [-0.25, -0.2) is 4.98 Å². The highest BCUT2D eigenvalue weighted by Gasteiger charge is 2.14. The summed E-state index contributed by atoms with van der Waals surface area (Å²) in [5.41, 5.74) is 3.42. The number of benzene rings is 2. The Morgan fingerprint density at radius 3 is 2.41 bits per heavy atom. The lowest BCUT2D eigenvalue weighted by Gasteiger charge is -2.21. The fourth-order valence-corrected chi connectivity index (χ4v) is 3.95. The average Bonchev–Trinajstić information content (AvgIpc) is 3.14. The molecular weight excluding hydrogens is 400 g/mol. The standard InChI is InChI=1S/C26H26N4O2/c1-32-24-12-10-21(16-23(24)20-8-6-19(17-27)7-9-20)26(31)29-22-11-13-25(28-18-22)30-14-4-2-3-5-15-30/h6-13,16,18H,2-5,14-15H2,1H3,(H,29,31). The van der Waals surface area contributed by atoms with Gasteiger partial charge in [0.2, 0.25) is 0 Å². The van der Waals surface area contributed by atoms with Crippen LogP contribution >= 0.6 is 0 Å². The molecule has 0 spiro atoms. The SMILES string of the molecule is COc1ccc(C(=O)Nc2ccc(N3CCCCCC3)nc2)cc1-c1ccc(C#N)cc1. The number of methoxy groups -OCH3 is 1. The predicted molar refractivity (Wildman–Crippen MR) is 126 cm³/mol. The molecule has 6 nitrogen and oxygen atoms in total. The number of nitrogens with one attached hydrogen (secondary N) is 1. The number of carbonyl (C=O) groups is 1. The zero-order valence-corrected chi connectivity index (χ0v) is 18.2. The van der Waals surface area contributed by atoms with Crippen molar-refractivity contribution in [3.05, 3.63) is 71.9 Å². The van der Waals surface area contributed by atoms with Crippen molar-refractivity contribution in [2.45, 2.75) is 25.7 Å². The minimum absolute atomic E-state index is 0.216. The summed E-state index contributed by atoms with van der Waals surface area (Å²) in [6.07, 6.45) is 6.65. The van der Waals surface area contributed by atoms with E-state index in [0.29, 0.717) is 22.6 Å². The van der Waals surface area contributed by atoms with E-state index in [-0.39, 0.29) is 5.91 Å². The maximum atomic E-state index is 12.9. The second-order valence-electron chi connectivity index (χ2n) is 7.86. The summed E-state index contributed by atoms with van der Waals surface area (Å²) in [6, 6.07) is 18.5. The van der Waals surface area contributed by atoms with Crippen molar-refractivity contribution >= 4 is 17.4 Å². The van der Waals surface area contributed by atoms with E-state index < -0.39 is 0 Å². The van der Waals surface area contributed by atoms with Crippen LogP contribution in [0, 0.1) is 11.3 Å². The highest BCUT2D eigenvalue weighted by atomic mass is 16.5. The van der Waals surface area contributed by atoms with Crippen LogP contribution in [0.2, 0.25) is 0 Å². The van der Waals surface area contributed by atoms with E-state index >= 15 is 0 Å². The fourth-order valence-electron chi connectivity index (χ4n) is 3.95. The minimum atomic E-state index is -0.216. The number of hydrogen-bond donors (Lipinski definition) is 1. The van der Waals surface area contributed by atoms with Crippen molar-refractivity contribution in [2.24, 2.45) is 0 Å². The number of aromatic nitrogens is 1. The van der Waals surface area contributed by atoms with Gasteiger partial charge in [-0.15, -0.1) is 0 Å². The van der Waals surface area contributed by atoms with Gasteiger partial charge in [0.15, 0.2) is 0 Å². The molecule has 1 aromatic heterocycles. The number of carbonyl (C=O) groups excluding carboxylic acids is 1. The third-order valence-corrected chi connectivity index (χ3v) is 5.72. The number of rotatable bonds is 5. The third-order valence-electron chi connectivity index (χ3n) is 5.72. The summed E-state index contributed by atoms with van der Waals surface area (Å²) in [4.78, 5) is 19.8. The zero-order chi connectivity index (χ0) is 22.3. The second-order valence-corrected chi connectivity index (χ2v) is 7.86. The van der Waals surface area contributed by atoms with E-state index in [2.05, 4.69) is 21.3 Å². The summed E-state index contributed by atoms with van der Waals surface area (Å²) in [7, 11) is 1.60. The van der Waals surface area contributed by atoms with Crippen LogP contribution in [0.15, 0.2) is 60.8 Å². The number of nitriles is 1. The highest BCUT2D eigenvalue weighted by Crippen LogP contribution is 2.31. The molecule has 1 N–H and O–H groups in total. The molecule has 4 rings (SSSR count). The van der Waals surface area contributed by atoms with Crippen molar-refractivity contribution in [1.29, 1.82) is 5.26 Å². The van der Waals surface area contributed by atoms with E-state index in [1.807, 2.05) is 24.3 Å². The predicted octanol–water partition coefficient (Wildman–Crippen LogP) is 5.26. The second kappa shape index (κ2) is 9.97. The lowest BCUT2D eigenvalue weighted by molar-refractivity contribution is 0.102. The first-order valence-electron chi connectivity index (χ1n) is 10.9. The van der Waals surface area contributed by atoms with Gasteiger partial charge in [0, 0.05) is 24.2 Å². The van der Waals surface area contributed by atoms with E-state index in [1.54, 1.807) is 43.6 Å².